The predicted octanol–water partition coefficient (Wildman–Crippen LogP) is 14.5. The number of hydrogen-bond donors (Lipinski definition) is 0. The van der Waals surface area contributed by atoms with Crippen molar-refractivity contribution in [1.82, 2.24) is 0 Å². The van der Waals surface area contributed by atoms with Gasteiger partial charge < -0.3 is 0 Å². The van der Waals surface area contributed by atoms with Gasteiger partial charge in [0, 0.05) is 42.4 Å². The van der Waals surface area contributed by atoms with E-state index in [1.807, 2.05) is 0 Å². The van der Waals surface area contributed by atoms with Gasteiger partial charge >= 0.3 is 0 Å². The van der Waals surface area contributed by atoms with Gasteiger partial charge in [0.05, 0.1) is 0 Å². The second kappa shape index (κ2) is 12.8. The fourth-order valence-corrected chi connectivity index (χ4v) is 31.3. The van der Waals surface area contributed by atoms with Crippen molar-refractivity contribution in [1.29, 1.82) is 0 Å². The maximum absolute atomic E-state index is 2.48. The summed E-state index contributed by atoms with van der Waals surface area (Å²) in [6.45, 7) is 16.8. The van der Waals surface area contributed by atoms with Gasteiger partial charge in [-0.3, -0.25) is 0 Å². The second-order valence-corrected chi connectivity index (χ2v) is 25.4. The quantitative estimate of drug-likeness (QED) is 0.183. The Morgan fingerprint density at radius 2 is 0.404 bits per heavy atom. The monoisotopic (exact) mass is 744 g/mol. The molecule has 52 heavy (non-hydrogen) atoms. The number of fused-ring (bicyclic) bond motifs is 4. The highest BCUT2D eigenvalue weighted by molar-refractivity contribution is 8.11. The van der Waals surface area contributed by atoms with Crippen LogP contribution in [-0.4, -0.2) is 21.2 Å². The van der Waals surface area contributed by atoms with Gasteiger partial charge in [0.15, 0.2) is 0 Å². The maximum atomic E-state index is 2.48. The molecule has 4 unspecified atom stereocenters. The summed E-state index contributed by atoms with van der Waals surface area (Å²) in [6.07, 6.45) is 0. The van der Waals surface area contributed by atoms with Crippen LogP contribution in [0.15, 0.2) is 187 Å². The molecule has 0 amide bonds. The first-order valence-electron chi connectivity index (χ1n) is 18.3. The van der Waals surface area contributed by atoms with Crippen LogP contribution in [0.5, 0.6) is 0 Å². The van der Waals surface area contributed by atoms with Gasteiger partial charge in [-0.05, 0) is 122 Å². The fraction of sp³-hybridized carbons (Fsp3) is 0.167. The van der Waals surface area contributed by atoms with Crippen molar-refractivity contribution in [3.05, 3.63) is 209 Å². The normalized spacial score (nSPS) is 24.3. The van der Waals surface area contributed by atoms with Gasteiger partial charge in [-0.15, -0.1) is 0 Å². The van der Waals surface area contributed by atoms with E-state index in [2.05, 4.69) is 177 Å². The molecule has 0 saturated carbocycles. The van der Waals surface area contributed by atoms with Crippen LogP contribution in [0.1, 0.15) is 77.6 Å². The van der Waals surface area contributed by atoms with E-state index in [9.17, 15) is 0 Å². The Morgan fingerprint density at radius 3 is 0.577 bits per heavy atom. The fourth-order valence-electron chi connectivity index (χ4n) is 8.79. The smallest absolute Gasteiger partial charge is 0.0177 e. The van der Waals surface area contributed by atoms with Crippen molar-refractivity contribution in [3.63, 3.8) is 0 Å². The summed E-state index contributed by atoms with van der Waals surface area (Å²) in [5.41, 5.74) is 17.8. The van der Waals surface area contributed by atoms with Crippen molar-refractivity contribution in [2.24, 2.45) is 0 Å². The summed E-state index contributed by atoms with van der Waals surface area (Å²) < 4.78 is 0. The van der Waals surface area contributed by atoms with Crippen molar-refractivity contribution in [2.75, 3.05) is 0 Å². The van der Waals surface area contributed by atoms with Gasteiger partial charge in [-0.2, -0.15) is 0 Å². The molecular formula is C48H44P4. The maximum Gasteiger partial charge on any atom is 0.0177 e. The van der Waals surface area contributed by atoms with Crippen LogP contribution >= 0.6 is 27.3 Å². The molecule has 4 aromatic carbocycles. The Labute approximate surface area is 311 Å². The molecule has 5 aliphatic rings. The van der Waals surface area contributed by atoms with Crippen molar-refractivity contribution in [2.45, 2.75) is 55.4 Å². The Balaban J connectivity index is 1.70. The molecule has 0 bridgehead atoms. The molecule has 0 aliphatic carbocycles. The van der Waals surface area contributed by atoms with Gasteiger partial charge in [-0.25, -0.2) is 0 Å². The van der Waals surface area contributed by atoms with Crippen molar-refractivity contribution >= 4 is 48.5 Å². The van der Waals surface area contributed by atoms with E-state index in [-0.39, 0.29) is 0 Å². The third-order valence-corrected chi connectivity index (χ3v) is 28.2. The standard InChI is InChI=1S/C48H44P4/c1-29-33(5)45-46-34(6)30(2)43(39-25-17-11-18-26-39)51(46)52-44(40-27-19-12-20-28-40)32(4)36(8)48(52)47-35(7)31(3)42(38-23-15-10-16-24-38)50(47)49(45)41(29)37-21-13-9-14-22-37/h9-28H,1-8H3/b46-45-,48-47-. The van der Waals surface area contributed by atoms with Gasteiger partial charge in [0.2, 0.25) is 0 Å². The predicted molar refractivity (Wildman–Crippen MR) is 237 cm³/mol. The summed E-state index contributed by atoms with van der Waals surface area (Å²) in [4.78, 5) is 0. The lowest BCUT2D eigenvalue weighted by Crippen LogP contribution is -1.99. The Morgan fingerprint density at radius 1 is 0.231 bits per heavy atom. The minimum atomic E-state index is -0.731. The SMILES string of the molecule is CC1=C(C)C2=C3C(C)=C(C)C(c4ccccc4)=P\3=P3=C(c4ccccc4)C(C)=C(C)C/3=C3C(C)=C(C)C(c4ccccc4)=P\3=P\2=C1c1ccccc1. The summed E-state index contributed by atoms with van der Waals surface area (Å²) >= 11 is 0. The molecule has 0 N–H and O–H groups in total. The highest BCUT2D eigenvalue weighted by atomic mass is 31.8. The molecule has 5 aliphatic heterocycles. The molecule has 0 fully saturated rings. The average molecular weight is 745 g/mol. The Hall–Kier alpha value is -4.00. The molecule has 5 heterocycles. The Kier molecular flexibility index (Phi) is 8.35. The lowest BCUT2D eigenvalue weighted by molar-refractivity contribution is 1.36. The first-order valence-corrected chi connectivity index (χ1v) is 25.1. The van der Waals surface area contributed by atoms with E-state index in [0.717, 1.165) is 0 Å². The molecule has 0 nitrogen and oxygen atoms in total. The zero-order chi connectivity index (χ0) is 36.0. The van der Waals surface area contributed by atoms with E-state index in [1.54, 1.807) is 42.4 Å². The first-order chi connectivity index (χ1) is 25.2. The minimum Gasteiger partial charge on any atom is -0.0622 e. The molecule has 0 radical (unpaired) electrons. The van der Waals surface area contributed by atoms with Crippen LogP contribution < -0.4 is 0 Å². The van der Waals surface area contributed by atoms with Gasteiger partial charge in [0.1, 0.15) is 0 Å². The molecule has 0 saturated heterocycles. The summed E-state index contributed by atoms with van der Waals surface area (Å²) in [7, 11) is 0. The zero-order valence-corrected chi connectivity index (χ0v) is 34.9. The average Bonchev–Trinajstić information content (AvgIpc) is 3.77. The molecule has 256 valence electrons. The summed E-state index contributed by atoms with van der Waals surface area (Å²) in [6, 6.07) is 45.8. The van der Waals surface area contributed by atoms with Crippen LogP contribution in [-0.2, 0) is 0 Å². The topological polar surface area (TPSA) is 0 Å². The lowest BCUT2D eigenvalue weighted by Gasteiger charge is -2.19. The largest absolute Gasteiger partial charge is 0.0622 e. The lowest BCUT2D eigenvalue weighted by atomic mass is 9.99. The molecule has 4 heteroatoms. The third kappa shape index (κ3) is 4.75. The highest BCUT2D eigenvalue weighted by Gasteiger charge is 2.38. The summed E-state index contributed by atoms with van der Waals surface area (Å²) in [5.74, 6) is 0. The van der Waals surface area contributed by atoms with Crippen LogP contribution in [0.3, 0.4) is 0 Å². The number of allylic oxidation sites excluding steroid dienone is 12. The molecule has 4 aromatic rings. The van der Waals surface area contributed by atoms with Gasteiger partial charge in [-0.1, -0.05) is 149 Å². The summed E-state index contributed by atoms with van der Waals surface area (Å²) in [5, 5.41) is 13.3. The van der Waals surface area contributed by atoms with E-state index in [4.69, 9.17) is 0 Å². The van der Waals surface area contributed by atoms with Crippen molar-refractivity contribution < 1.29 is 0 Å². The van der Waals surface area contributed by atoms with E-state index < -0.39 is 27.3 Å². The number of benzene rings is 4. The Bertz CT molecular complexity index is 2440. The van der Waals surface area contributed by atoms with Gasteiger partial charge in [0.25, 0.3) is 0 Å². The number of rotatable bonds is 4. The third-order valence-electron chi connectivity index (χ3n) is 11.8. The van der Waals surface area contributed by atoms with Crippen LogP contribution in [0.25, 0.3) is 0 Å². The second-order valence-electron chi connectivity index (χ2n) is 14.5. The zero-order valence-electron chi connectivity index (χ0n) is 31.3. The molecule has 0 spiro atoms. The molecule has 4 atom stereocenters. The van der Waals surface area contributed by atoms with E-state index in [0.29, 0.717) is 0 Å². The highest BCUT2D eigenvalue weighted by Crippen LogP contribution is 2.72. The minimum absolute atomic E-state index is 0.731. The first kappa shape index (κ1) is 33.8. The van der Waals surface area contributed by atoms with E-state index in [1.165, 1.54) is 66.8 Å². The van der Waals surface area contributed by atoms with Crippen molar-refractivity contribution in [3.8, 4) is 0 Å². The van der Waals surface area contributed by atoms with Crippen LogP contribution in [0.4, 0.5) is 0 Å². The molecular weight excluding hydrogens is 700 g/mol. The van der Waals surface area contributed by atoms with Crippen LogP contribution in [0, 0.1) is 0 Å². The van der Waals surface area contributed by atoms with E-state index >= 15 is 0 Å². The molecule has 0 aromatic heterocycles. The number of hydrogen-bond acceptors (Lipinski definition) is 0. The molecule has 9 rings (SSSR count). The van der Waals surface area contributed by atoms with Crippen LogP contribution in [0.2, 0.25) is 0 Å².